The van der Waals surface area contributed by atoms with Crippen LogP contribution in [-0.4, -0.2) is 17.3 Å². The van der Waals surface area contributed by atoms with Crippen LogP contribution < -0.4 is 4.74 Å². The van der Waals surface area contributed by atoms with Gasteiger partial charge in [-0.1, -0.05) is 11.6 Å². The summed E-state index contributed by atoms with van der Waals surface area (Å²) in [5.41, 5.74) is 0.579. The van der Waals surface area contributed by atoms with E-state index in [-0.39, 0.29) is 5.75 Å². The first-order valence-electron chi connectivity index (χ1n) is 5.00. The third kappa shape index (κ3) is 1.97. The average molecular weight is 245 g/mol. The molecule has 0 unspecified atom stereocenters. The van der Waals surface area contributed by atoms with Gasteiger partial charge in [0.05, 0.1) is 17.7 Å². The summed E-state index contributed by atoms with van der Waals surface area (Å²) in [5.74, 6) is 0.266. The third-order valence-electron chi connectivity index (χ3n) is 2.64. The highest BCUT2D eigenvalue weighted by Crippen LogP contribution is 2.45. The number of aromatic hydroxyl groups is 1. The predicted octanol–water partition coefficient (Wildman–Crippen LogP) is 2.90. The first kappa shape index (κ1) is 13.1. The smallest absolute Gasteiger partial charge is 0.165 e. The summed E-state index contributed by atoms with van der Waals surface area (Å²) in [6.45, 7) is 6.73. The van der Waals surface area contributed by atoms with Gasteiger partial charge in [0.15, 0.2) is 11.5 Å². The second-order valence-electron chi connectivity index (χ2n) is 4.38. The quantitative estimate of drug-likeness (QED) is 0.841. The van der Waals surface area contributed by atoms with E-state index in [1.807, 2.05) is 0 Å². The lowest BCUT2D eigenvalue weighted by Crippen LogP contribution is -2.18. The van der Waals surface area contributed by atoms with Gasteiger partial charge in [-0.15, -0.1) is 0 Å². The molecule has 1 aromatic rings. The minimum absolute atomic E-state index is 0.0469. The van der Waals surface area contributed by atoms with Gasteiger partial charge in [0.1, 0.15) is 0 Å². The Labute approximate surface area is 101 Å². The molecular formula is C12H17ClO3. The first-order valence-corrected chi connectivity index (χ1v) is 5.38. The van der Waals surface area contributed by atoms with E-state index in [2.05, 4.69) is 0 Å². The Morgan fingerprint density at radius 3 is 2.06 bits per heavy atom. The van der Waals surface area contributed by atoms with Gasteiger partial charge in [-0.2, -0.15) is 0 Å². The summed E-state index contributed by atoms with van der Waals surface area (Å²) in [6.07, 6.45) is 0. The molecule has 0 heterocycles. The van der Waals surface area contributed by atoms with Gasteiger partial charge in [-0.3, -0.25) is 0 Å². The maximum absolute atomic E-state index is 10.1. The van der Waals surface area contributed by atoms with Crippen LogP contribution in [0.3, 0.4) is 0 Å². The molecule has 4 heteroatoms. The van der Waals surface area contributed by atoms with E-state index in [9.17, 15) is 10.2 Å². The molecule has 0 aliphatic heterocycles. The van der Waals surface area contributed by atoms with Crippen molar-refractivity contribution < 1.29 is 14.9 Å². The fourth-order valence-electron chi connectivity index (χ4n) is 1.96. The van der Waals surface area contributed by atoms with Crippen LogP contribution in [0.4, 0.5) is 0 Å². The summed E-state index contributed by atoms with van der Waals surface area (Å²) < 4.78 is 5.10. The van der Waals surface area contributed by atoms with Gasteiger partial charge in [-0.05, 0) is 33.3 Å². The van der Waals surface area contributed by atoms with Crippen LogP contribution in [-0.2, 0) is 5.60 Å². The Morgan fingerprint density at radius 1 is 1.19 bits per heavy atom. The first-order chi connectivity index (χ1) is 7.21. The molecule has 0 saturated heterocycles. The van der Waals surface area contributed by atoms with Crippen molar-refractivity contribution in [1.29, 1.82) is 0 Å². The third-order valence-corrected chi connectivity index (χ3v) is 3.21. The molecule has 0 aliphatic rings. The monoisotopic (exact) mass is 244 g/mol. The zero-order valence-electron chi connectivity index (χ0n) is 10.2. The molecule has 0 atom stereocenters. The van der Waals surface area contributed by atoms with Gasteiger partial charge in [0.2, 0.25) is 0 Å². The normalized spacial score (nSPS) is 11.7. The maximum atomic E-state index is 10.1. The van der Waals surface area contributed by atoms with Crippen LogP contribution >= 0.6 is 11.6 Å². The molecule has 1 rings (SSSR count). The SMILES string of the molecule is COc1c(C)c(Cl)c(C)c(C(C)(C)O)c1O. The van der Waals surface area contributed by atoms with Crippen LogP contribution in [0, 0.1) is 13.8 Å². The minimum Gasteiger partial charge on any atom is -0.504 e. The highest BCUT2D eigenvalue weighted by Gasteiger charge is 2.28. The van der Waals surface area contributed by atoms with E-state index < -0.39 is 5.60 Å². The second-order valence-corrected chi connectivity index (χ2v) is 4.76. The number of benzene rings is 1. The Balaban J connectivity index is 3.69. The number of phenolic OH excluding ortho intramolecular Hbond substituents is 1. The lowest BCUT2D eigenvalue weighted by atomic mass is 9.91. The van der Waals surface area contributed by atoms with Crippen molar-refractivity contribution in [2.45, 2.75) is 33.3 Å². The number of phenols is 1. The highest BCUT2D eigenvalue weighted by atomic mass is 35.5. The van der Waals surface area contributed by atoms with E-state index in [0.29, 0.717) is 27.5 Å². The molecule has 0 spiro atoms. The molecule has 0 amide bonds. The Morgan fingerprint density at radius 2 is 1.69 bits per heavy atom. The van der Waals surface area contributed by atoms with Gasteiger partial charge in [0.25, 0.3) is 0 Å². The summed E-state index contributed by atoms with van der Waals surface area (Å²) in [4.78, 5) is 0. The molecule has 2 N–H and O–H groups in total. The lowest BCUT2D eigenvalue weighted by Gasteiger charge is -2.25. The van der Waals surface area contributed by atoms with Crippen molar-refractivity contribution in [3.8, 4) is 11.5 Å². The summed E-state index contributed by atoms with van der Waals surface area (Å²) >= 11 is 6.14. The second kappa shape index (κ2) is 4.15. The zero-order chi connectivity index (χ0) is 12.7. The molecule has 16 heavy (non-hydrogen) atoms. The molecule has 0 saturated carbocycles. The largest absolute Gasteiger partial charge is 0.504 e. The Hall–Kier alpha value is -0.930. The number of halogens is 1. The molecular weight excluding hydrogens is 228 g/mol. The van der Waals surface area contributed by atoms with Crippen molar-refractivity contribution in [3.63, 3.8) is 0 Å². The highest BCUT2D eigenvalue weighted by molar-refractivity contribution is 6.32. The van der Waals surface area contributed by atoms with Crippen molar-refractivity contribution in [3.05, 3.63) is 21.7 Å². The Bertz CT molecular complexity index is 419. The fraction of sp³-hybridized carbons (Fsp3) is 0.500. The zero-order valence-corrected chi connectivity index (χ0v) is 10.9. The van der Waals surface area contributed by atoms with Crippen LogP contribution in [0.2, 0.25) is 5.02 Å². The van der Waals surface area contributed by atoms with Crippen molar-refractivity contribution in [2.24, 2.45) is 0 Å². The van der Waals surface area contributed by atoms with Crippen LogP contribution in [0.25, 0.3) is 0 Å². The van der Waals surface area contributed by atoms with E-state index in [0.717, 1.165) is 0 Å². The topological polar surface area (TPSA) is 49.7 Å². The standard InChI is InChI=1S/C12H17ClO3/c1-6-8(12(3,4)15)10(14)11(16-5)7(2)9(6)13/h14-15H,1-5H3. The fourth-order valence-corrected chi connectivity index (χ4v) is 2.14. The molecule has 0 radical (unpaired) electrons. The number of aliphatic hydroxyl groups is 1. The number of hydrogen-bond donors (Lipinski definition) is 2. The van der Waals surface area contributed by atoms with Gasteiger partial charge >= 0.3 is 0 Å². The number of rotatable bonds is 2. The molecule has 90 valence electrons. The maximum Gasteiger partial charge on any atom is 0.165 e. The average Bonchev–Trinajstić information content (AvgIpc) is 2.13. The van der Waals surface area contributed by atoms with E-state index >= 15 is 0 Å². The molecule has 3 nitrogen and oxygen atoms in total. The lowest BCUT2D eigenvalue weighted by molar-refractivity contribution is 0.0746. The van der Waals surface area contributed by atoms with Crippen LogP contribution in [0.5, 0.6) is 11.5 Å². The number of ether oxygens (including phenoxy) is 1. The summed E-state index contributed by atoms with van der Waals surface area (Å²) in [7, 11) is 1.46. The molecule has 0 aliphatic carbocycles. The predicted molar refractivity (Wildman–Crippen MR) is 64.4 cm³/mol. The van der Waals surface area contributed by atoms with Gasteiger partial charge in [-0.25, -0.2) is 0 Å². The minimum atomic E-state index is -1.17. The molecule has 0 bridgehead atoms. The van der Waals surface area contributed by atoms with Crippen LogP contribution in [0.15, 0.2) is 0 Å². The Kier molecular flexibility index (Phi) is 3.41. The van der Waals surface area contributed by atoms with Gasteiger partial charge < -0.3 is 14.9 Å². The van der Waals surface area contributed by atoms with Crippen LogP contribution in [0.1, 0.15) is 30.5 Å². The van der Waals surface area contributed by atoms with Gasteiger partial charge in [0, 0.05) is 11.1 Å². The van der Waals surface area contributed by atoms with Crippen molar-refractivity contribution >= 4 is 11.6 Å². The molecule has 0 aromatic heterocycles. The molecule has 0 fully saturated rings. The summed E-state index contributed by atoms with van der Waals surface area (Å²) in [6, 6.07) is 0. The van der Waals surface area contributed by atoms with E-state index in [1.165, 1.54) is 7.11 Å². The molecule has 1 aromatic carbocycles. The number of methoxy groups -OCH3 is 1. The number of hydrogen-bond acceptors (Lipinski definition) is 3. The van der Waals surface area contributed by atoms with Crippen molar-refractivity contribution in [2.75, 3.05) is 7.11 Å². The summed E-state index contributed by atoms with van der Waals surface area (Å²) in [5, 5.41) is 20.6. The van der Waals surface area contributed by atoms with Crippen molar-refractivity contribution in [1.82, 2.24) is 0 Å². The van der Waals surface area contributed by atoms with E-state index in [1.54, 1.807) is 27.7 Å². The van der Waals surface area contributed by atoms with E-state index in [4.69, 9.17) is 16.3 Å².